The Balaban J connectivity index is 2.33. The predicted octanol–water partition coefficient (Wildman–Crippen LogP) is 0.523. The van der Waals surface area contributed by atoms with Crippen molar-refractivity contribution in [1.29, 1.82) is 0 Å². The van der Waals surface area contributed by atoms with Gasteiger partial charge in [0.15, 0.2) is 0 Å². The van der Waals surface area contributed by atoms with Crippen molar-refractivity contribution in [1.82, 2.24) is 19.9 Å². The second-order valence-corrected chi connectivity index (χ2v) is 3.03. The van der Waals surface area contributed by atoms with Gasteiger partial charge in [-0.15, -0.1) is 0 Å². The molecule has 0 bridgehead atoms. The summed E-state index contributed by atoms with van der Waals surface area (Å²) >= 11 is 0. The molecule has 1 atom stereocenters. The molecule has 2 aromatic rings. The van der Waals surface area contributed by atoms with E-state index >= 15 is 0 Å². The standard InChI is InChI=1S/C8H10N4O2/c1-5(13)8-10-7(11-14-8)6-3-9-12(2)4-6/h3-5,13H,1-2H3/t5-/m0/s1. The van der Waals surface area contributed by atoms with Crippen molar-refractivity contribution < 1.29 is 9.63 Å². The van der Waals surface area contributed by atoms with Gasteiger partial charge in [0.25, 0.3) is 5.89 Å². The second kappa shape index (κ2) is 3.22. The van der Waals surface area contributed by atoms with Crippen molar-refractivity contribution in [2.45, 2.75) is 13.0 Å². The van der Waals surface area contributed by atoms with Gasteiger partial charge in [0.2, 0.25) is 5.82 Å². The lowest BCUT2D eigenvalue weighted by atomic mass is 10.3. The Labute approximate surface area is 80.2 Å². The van der Waals surface area contributed by atoms with Gasteiger partial charge in [0.05, 0.1) is 11.8 Å². The lowest BCUT2D eigenvalue weighted by Crippen LogP contribution is -1.90. The highest BCUT2D eigenvalue weighted by Crippen LogP contribution is 2.17. The zero-order valence-electron chi connectivity index (χ0n) is 7.88. The summed E-state index contributed by atoms with van der Waals surface area (Å²) in [5.41, 5.74) is 0.767. The fraction of sp³-hybridized carbons (Fsp3) is 0.375. The van der Waals surface area contributed by atoms with E-state index < -0.39 is 6.10 Å². The van der Waals surface area contributed by atoms with Gasteiger partial charge in [-0.05, 0) is 6.92 Å². The fourth-order valence-corrected chi connectivity index (χ4v) is 1.06. The Morgan fingerprint density at radius 1 is 1.57 bits per heavy atom. The molecule has 2 aromatic heterocycles. The van der Waals surface area contributed by atoms with Gasteiger partial charge >= 0.3 is 0 Å². The van der Waals surface area contributed by atoms with Crippen LogP contribution in [0.3, 0.4) is 0 Å². The molecular formula is C8H10N4O2. The molecule has 0 spiro atoms. The van der Waals surface area contributed by atoms with Crippen LogP contribution in [0.1, 0.15) is 18.9 Å². The summed E-state index contributed by atoms with van der Waals surface area (Å²) in [4.78, 5) is 4.01. The number of aliphatic hydroxyl groups excluding tert-OH is 1. The van der Waals surface area contributed by atoms with E-state index in [2.05, 4.69) is 15.2 Å². The molecule has 0 aliphatic heterocycles. The average molecular weight is 194 g/mol. The molecule has 0 saturated heterocycles. The maximum absolute atomic E-state index is 9.17. The molecule has 0 amide bonds. The van der Waals surface area contributed by atoms with Crippen LogP contribution in [0.25, 0.3) is 11.4 Å². The minimum atomic E-state index is -0.743. The number of rotatable bonds is 2. The second-order valence-electron chi connectivity index (χ2n) is 3.03. The Bertz CT molecular complexity index is 432. The van der Waals surface area contributed by atoms with Crippen molar-refractivity contribution in [3.63, 3.8) is 0 Å². The Morgan fingerprint density at radius 2 is 2.36 bits per heavy atom. The van der Waals surface area contributed by atoms with Gasteiger partial charge in [-0.1, -0.05) is 5.16 Å². The first-order chi connectivity index (χ1) is 6.66. The Morgan fingerprint density at radius 3 is 2.86 bits per heavy atom. The highest BCUT2D eigenvalue weighted by Gasteiger charge is 2.13. The van der Waals surface area contributed by atoms with Crippen molar-refractivity contribution in [2.75, 3.05) is 0 Å². The normalized spacial score (nSPS) is 13.1. The van der Waals surface area contributed by atoms with Crippen LogP contribution >= 0.6 is 0 Å². The summed E-state index contributed by atoms with van der Waals surface area (Å²) in [5.74, 6) is 0.651. The zero-order chi connectivity index (χ0) is 10.1. The first-order valence-electron chi connectivity index (χ1n) is 4.17. The van der Waals surface area contributed by atoms with Crippen molar-refractivity contribution in [3.05, 3.63) is 18.3 Å². The summed E-state index contributed by atoms with van der Waals surface area (Å²) in [7, 11) is 1.80. The van der Waals surface area contributed by atoms with Gasteiger partial charge in [0.1, 0.15) is 6.10 Å². The smallest absolute Gasteiger partial charge is 0.255 e. The molecule has 14 heavy (non-hydrogen) atoms. The SMILES string of the molecule is C[C@H](O)c1nc(-c2cnn(C)c2)no1. The molecule has 0 saturated carbocycles. The van der Waals surface area contributed by atoms with Crippen LogP contribution in [0.15, 0.2) is 16.9 Å². The summed E-state index contributed by atoms with van der Waals surface area (Å²) in [6.45, 7) is 1.57. The van der Waals surface area contributed by atoms with Gasteiger partial charge in [0, 0.05) is 13.2 Å². The summed E-state index contributed by atoms with van der Waals surface area (Å²) in [6.07, 6.45) is 2.67. The first-order valence-corrected chi connectivity index (χ1v) is 4.17. The predicted molar refractivity (Wildman–Crippen MR) is 47.1 cm³/mol. The molecule has 0 aromatic carbocycles. The number of hydrogen-bond acceptors (Lipinski definition) is 5. The molecule has 74 valence electrons. The van der Waals surface area contributed by atoms with E-state index in [0.717, 1.165) is 5.56 Å². The van der Waals surface area contributed by atoms with Crippen molar-refractivity contribution in [3.8, 4) is 11.4 Å². The maximum Gasteiger partial charge on any atom is 0.255 e. The largest absolute Gasteiger partial charge is 0.384 e. The van der Waals surface area contributed by atoms with E-state index in [1.54, 1.807) is 31.0 Å². The summed E-state index contributed by atoms with van der Waals surface area (Å²) < 4.78 is 6.49. The van der Waals surface area contributed by atoms with Gasteiger partial charge in [-0.3, -0.25) is 4.68 Å². The molecular weight excluding hydrogens is 184 g/mol. The maximum atomic E-state index is 9.17. The zero-order valence-corrected chi connectivity index (χ0v) is 7.88. The number of aromatic nitrogens is 4. The molecule has 0 aliphatic carbocycles. The number of aliphatic hydroxyl groups is 1. The number of nitrogens with zero attached hydrogens (tertiary/aromatic N) is 4. The molecule has 6 nitrogen and oxygen atoms in total. The third kappa shape index (κ3) is 1.51. The van der Waals surface area contributed by atoms with Crippen LogP contribution in [0, 0.1) is 0 Å². The van der Waals surface area contributed by atoms with Crippen molar-refractivity contribution in [2.24, 2.45) is 7.05 Å². The fourth-order valence-electron chi connectivity index (χ4n) is 1.06. The molecule has 0 radical (unpaired) electrons. The summed E-state index contributed by atoms with van der Waals surface area (Å²) in [6, 6.07) is 0. The van der Waals surface area contributed by atoms with Gasteiger partial charge in [-0.2, -0.15) is 10.1 Å². The number of hydrogen-bond donors (Lipinski definition) is 1. The molecule has 0 aliphatic rings. The minimum Gasteiger partial charge on any atom is -0.384 e. The average Bonchev–Trinajstić information content (AvgIpc) is 2.70. The van der Waals surface area contributed by atoms with Crippen LogP contribution in [-0.4, -0.2) is 25.0 Å². The summed E-state index contributed by atoms with van der Waals surface area (Å²) in [5, 5.41) is 16.9. The lowest BCUT2D eigenvalue weighted by molar-refractivity contribution is 0.152. The van der Waals surface area contributed by atoms with E-state index in [0.29, 0.717) is 5.82 Å². The third-order valence-electron chi connectivity index (χ3n) is 1.76. The minimum absolute atomic E-state index is 0.212. The van der Waals surface area contributed by atoms with Crippen molar-refractivity contribution >= 4 is 0 Å². The molecule has 0 fully saturated rings. The van der Waals surface area contributed by atoms with Crippen LogP contribution in [0.2, 0.25) is 0 Å². The molecule has 6 heteroatoms. The third-order valence-corrected chi connectivity index (χ3v) is 1.76. The van der Waals surface area contributed by atoms with Gasteiger partial charge in [-0.25, -0.2) is 0 Å². The first kappa shape index (κ1) is 8.89. The van der Waals surface area contributed by atoms with Gasteiger partial charge < -0.3 is 9.63 Å². The van der Waals surface area contributed by atoms with E-state index in [-0.39, 0.29) is 5.89 Å². The molecule has 1 N–H and O–H groups in total. The Hall–Kier alpha value is -1.69. The Kier molecular flexibility index (Phi) is 2.05. The van der Waals surface area contributed by atoms with E-state index in [4.69, 9.17) is 4.52 Å². The number of aryl methyl sites for hydroxylation is 1. The van der Waals surface area contributed by atoms with E-state index in [1.807, 2.05) is 0 Å². The quantitative estimate of drug-likeness (QED) is 0.754. The highest BCUT2D eigenvalue weighted by molar-refractivity contribution is 5.50. The topological polar surface area (TPSA) is 77.0 Å². The molecule has 0 unspecified atom stereocenters. The monoisotopic (exact) mass is 194 g/mol. The van der Waals surface area contributed by atoms with Crippen LogP contribution in [0.5, 0.6) is 0 Å². The molecule has 2 heterocycles. The van der Waals surface area contributed by atoms with Crippen LogP contribution in [-0.2, 0) is 7.05 Å². The van der Waals surface area contributed by atoms with E-state index in [1.165, 1.54) is 0 Å². The van der Waals surface area contributed by atoms with Crippen LogP contribution < -0.4 is 0 Å². The highest BCUT2D eigenvalue weighted by atomic mass is 16.5. The lowest BCUT2D eigenvalue weighted by Gasteiger charge is -1.91. The molecule has 2 rings (SSSR count). The van der Waals surface area contributed by atoms with E-state index in [9.17, 15) is 5.11 Å². The van der Waals surface area contributed by atoms with Crippen LogP contribution in [0.4, 0.5) is 0 Å².